The summed E-state index contributed by atoms with van der Waals surface area (Å²) in [6.07, 6.45) is 0. The highest BCUT2D eigenvalue weighted by molar-refractivity contribution is 6.19. The van der Waals surface area contributed by atoms with Crippen molar-refractivity contribution in [3.63, 3.8) is 0 Å². The third-order valence-electron chi connectivity index (χ3n) is 10.0. The van der Waals surface area contributed by atoms with E-state index in [1.165, 1.54) is 54.6 Å². The lowest BCUT2D eigenvalue weighted by atomic mass is 9.93. The molecule has 0 spiro atoms. The molecule has 50 heavy (non-hydrogen) atoms. The van der Waals surface area contributed by atoms with Gasteiger partial charge in [-0.2, -0.15) is 0 Å². The molecule has 0 saturated carbocycles. The summed E-state index contributed by atoms with van der Waals surface area (Å²) in [5.74, 6) is 0. The SMILES string of the molecule is c1ccc(-c2ccc(N(c3ccc(-c4cc5ccccc5c5ccccc45)cc3)c3ccc4c(c3)oc3ccc5ccccc5c34)cc2)cc1. The number of anilines is 3. The average molecular weight is 638 g/mol. The molecule has 9 aromatic carbocycles. The van der Waals surface area contributed by atoms with Crippen molar-refractivity contribution in [2.75, 3.05) is 4.90 Å². The van der Waals surface area contributed by atoms with Gasteiger partial charge in [-0.3, -0.25) is 0 Å². The standard InChI is InChI=1S/C48H31NO/c1-2-10-32(11-3-1)33-18-23-37(24-19-33)49(39-27-28-44-47(31-39)50-46-29-22-34-12-4-7-15-41(34)48(44)46)38-25-20-35(21-26-38)45-30-36-13-5-6-14-40(36)42-16-8-9-17-43(42)45/h1-31H. The normalized spacial score (nSPS) is 11.6. The van der Waals surface area contributed by atoms with Crippen molar-refractivity contribution in [3.05, 3.63) is 188 Å². The maximum atomic E-state index is 6.53. The number of fused-ring (bicyclic) bond motifs is 8. The number of furan rings is 1. The van der Waals surface area contributed by atoms with Gasteiger partial charge in [-0.15, -0.1) is 0 Å². The van der Waals surface area contributed by atoms with Gasteiger partial charge < -0.3 is 9.32 Å². The second-order valence-electron chi connectivity index (χ2n) is 12.9. The minimum atomic E-state index is 0.874. The molecule has 0 saturated heterocycles. The summed E-state index contributed by atoms with van der Waals surface area (Å²) < 4.78 is 6.53. The predicted octanol–water partition coefficient (Wildman–Crippen LogP) is 13.8. The van der Waals surface area contributed by atoms with Crippen LogP contribution in [0.5, 0.6) is 0 Å². The molecule has 1 aromatic heterocycles. The van der Waals surface area contributed by atoms with E-state index < -0.39 is 0 Å². The highest BCUT2D eigenvalue weighted by Crippen LogP contribution is 2.42. The summed E-state index contributed by atoms with van der Waals surface area (Å²) in [6.45, 7) is 0. The summed E-state index contributed by atoms with van der Waals surface area (Å²) in [6, 6.07) is 67.4. The van der Waals surface area contributed by atoms with Gasteiger partial charge in [-0.05, 0) is 103 Å². The lowest BCUT2D eigenvalue weighted by molar-refractivity contribution is 0.669. The predicted molar refractivity (Wildman–Crippen MR) is 212 cm³/mol. The van der Waals surface area contributed by atoms with Crippen LogP contribution in [0, 0.1) is 0 Å². The number of benzene rings is 9. The van der Waals surface area contributed by atoms with Crippen molar-refractivity contribution in [2.45, 2.75) is 0 Å². The lowest BCUT2D eigenvalue weighted by Gasteiger charge is -2.26. The van der Waals surface area contributed by atoms with Crippen molar-refractivity contribution in [1.29, 1.82) is 0 Å². The van der Waals surface area contributed by atoms with E-state index in [-0.39, 0.29) is 0 Å². The molecule has 10 aromatic rings. The van der Waals surface area contributed by atoms with Crippen molar-refractivity contribution in [1.82, 2.24) is 0 Å². The fourth-order valence-electron chi connectivity index (χ4n) is 7.64. The Labute approximate surface area is 290 Å². The zero-order valence-electron chi connectivity index (χ0n) is 27.3. The first-order valence-electron chi connectivity index (χ1n) is 17.1. The molecule has 0 radical (unpaired) electrons. The summed E-state index contributed by atoms with van der Waals surface area (Å²) in [7, 11) is 0. The molecule has 0 N–H and O–H groups in total. The van der Waals surface area contributed by atoms with E-state index in [0.29, 0.717) is 0 Å². The summed E-state index contributed by atoms with van der Waals surface area (Å²) in [4.78, 5) is 2.32. The van der Waals surface area contributed by atoms with Crippen molar-refractivity contribution in [3.8, 4) is 22.3 Å². The van der Waals surface area contributed by atoms with E-state index in [4.69, 9.17) is 4.42 Å². The Morgan fingerprint density at radius 3 is 1.66 bits per heavy atom. The number of nitrogens with zero attached hydrogens (tertiary/aromatic N) is 1. The molecule has 0 aliphatic heterocycles. The van der Waals surface area contributed by atoms with Gasteiger partial charge in [0.25, 0.3) is 0 Å². The molecule has 0 amide bonds. The quantitative estimate of drug-likeness (QED) is 0.175. The van der Waals surface area contributed by atoms with Gasteiger partial charge in [0.05, 0.1) is 0 Å². The molecule has 234 valence electrons. The molecule has 0 fully saturated rings. The molecule has 0 aliphatic rings. The average Bonchev–Trinajstić information content (AvgIpc) is 3.57. The minimum Gasteiger partial charge on any atom is -0.456 e. The van der Waals surface area contributed by atoms with E-state index >= 15 is 0 Å². The largest absolute Gasteiger partial charge is 0.456 e. The van der Waals surface area contributed by atoms with Crippen molar-refractivity contribution in [2.24, 2.45) is 0 Å². The Kier molecular flexibility index (Phi) is 6.53. The third kappa shape index (κ3) is 4.65. The highest BCUT2D eigenvalue weighted by Gasteiger charge is 2.18. The molecule has 2 nitrogen and oxygen atoms in total. The zero-order chi connectivity index (χ0) is 33.0. The second-order valence-corrected chi connectivity index (χ2v) is 12.9. The van der Waals surface area contributed by atoms with E-state index in [0.717, 1.165) is 39.0 Å². The van der Waals surface area contributed by atoms with Gasteiger partial charge in [-0.25, -0.2) is 0 Å². The van der Waals surface area contributed by atoms with Crippen LogP contribution in [0.2, 0.25) is 0 Å². The summed E-state index contributed by atoms with van der Waals surface area (Å²) in [5, 5.41) is 9.77. The van der Waals surface area contributed by atoms with Gasteiger partial charge in [0, 0.05) is 33.9 Å². The molecule has 0 atom stereocenters. The van der Waals surface area contributed by atoms with Gasteiger partial charge >= 0.3 is 0 Å². The van der Waals surface area contributed by atoms with Crippen LogP contribution in [-0.4, -0.2) is 0 Å². The van der Waals surface area contributed by atoms with Crippen LogP contribution in [-0.2, 0) is 0 Å². The summed E-state index contributed by atoms with van der Waals surface area (Å²) in [5.41, 5.74) is 9.79. The molecule has 2 heteroatoms. The molecule has 0 unspecified atom stereocenters. The maximum absolute atomic E-state index is 6.53. The van der Waals surface area contributed by atoms with Crippen molar-refractivity contribution < 1.29 is 4.42 Å². The Hall–Kier alpha value is -6.64. The summed E-state index contributed by atoms with van der Waals surface area (Å²) >= 11 is 0. The van der Waals surface area contributed by atoms with Gasteiger partial charge in [-0.1, -0.05) is 133 Å². The van der Waals surface area contributed by atoms with E-state index in [9.17, 15) is 0 Å². The Morgan fingerprint density at radius 2 is 0.900 bits per heavy atom. The Morgan fingerprint density at radius 1 is 0.320 bits per heavy atom. The molecule has 10 rings (SSSR count). The molecular formula is C48H31NO. The second kappa shape index (κ2) is 11.5. The molecule has 0 aliphatic carbocycles. The minimum absolute atomic E-state index is 0.874. The van der Waals surface area contributed by atoms with E-state index in [1.807, 2.05) is 0 Å². The van der Waals surface area contributed by atoms with E-state index in [2.05, 4.69) is 193 Å². The van der Waals surface area contributed by atoms with Crippen LogP contribution in [0.3, 0.4) is 0 Å². The Bertz CT molecular complexity index is 2850. The van der Waals surface area contributed by atoms with Gasteiger partial charge in [0.15, 0.2) is 0 Å². The highest BCUT2D eigenvalue weighted by atomic mass is 16.3. The smallest absolute Gasteiger partial charge is 0.137 e. The zero-order valence-corrected chi connectivity index (χ0v) is 27.3. The number of hydrogen-bond donors (Lipinski definition) is 0. The van der Waals surface area contributed by atoms with Gasteiger partial charge in [0.1, 0.15) is 11.2 Å². The fourth-order valence-corrected chi connectivity index (χ4v) is 7.64. The lowest BCUT2D eigenvalue weighted by Crippen LogP contribution is -2.09. The van der Waals surface area contributed by atoms with Crippen molar-refractivity contribution >= 4 is 71.3 Å². The monoisotopic (exact) mass is 637 g/mol. The van der Waals surface area contributed by atoms with Gasteiger partial charge in [0.2, 0.25) is 0 Å². The number of hydrogen-bond acceptors (Lipinski definition) is 2. The van der Waals surface area contributed by atoms with Crippen LogP contribution < -0.4 is 4.90 Å². The Balaban J connectivity index is 1.12. The molecule has 1 heterocycles. The van der Waals surface area contributed by atoms with Crippen LogP contribution in [0.15, 0.2) is 192 Å². The van der Waals surface area contributed by atoms with Crippen LogP contribution in [0.4, 0.5) is 17.1 Å². The molecular weight excluding hydrogens is 607 g/mol. The number of rotatable bonds is 5. The molecule has 0 bridgehead atoms. The first-order chi connectivity index (χ1) is 24.8. The van der Waals surface area contributed by atoms with Crippen LogP contribution >= 0.6 is 0 Å². The first kappa shape index (κ1) is 28.4. The van der Waals surface area contributed by atoms with Crippen LogP contribution in [0.1, 0.15) is 0 Å². The first-order valence-corrected chi connectivity index (χ1v) is 17.1. The van der Waals surface area contributed by atoms with Crippen LogP contribution in [0.25, 0.3) is 76.5 Å². The topological polar surface area (TPSA) is 16.4 Å². The fraction of sp³-hybridized carbons (Fsp3) is 0. The third-order valence-corrected chi connectivity index (χ3v) is 10.0. The maximum Gasteiger partial charge on any atom is 0.137 e. The van der Waals surface area contributed by atoms with E-state index in [1.54, 1.807) is 0 Å².